The average Bonchev–Trinajstić information content (AvgIpc) is 3.16. The van der Waals surface area contributed by atoms with E-state index < -0.39 is 17.3 Å². The van der Waals surface area contributed by atoms with E-state index in [1.165, 1.54) is 12.4 Å². The number of fused-ring (bicyclic) bond motifs is 1. The van der Waals surface area contributed by atoms with Crippen LogP contribution in [-0.2, 0) is 17.1 Å². The molecule has 0 unspecified atom stereocenters. The molecule has 0 atom stereocenters. The third-order valence-corrected chi connectivity index (χ3v) is 4.96. The lowest BCUT2D eigenvalue weighted by atomic mass is 10.0. The second-order valence-electron chi connectivity index (χ2n) is 7.07. The maximum atomic E-state index is 13.6. The number of benzene rings is 1. The van der Waals surface area contributed by atoms with E-state index in [9.17, 15) is 18.0 Å². The molecule has 1 aliphatic heterocycles. The Morgan fingerprint density at radius 1 is 1.14 bits per heavy atom. The van der Waals surface area contributed by atoms with Crippen molar-refractivity contribution in [2.75, 3.05) is 31.1 Å². The Bertz CT molecular complexity index is 1040. The highest BCUT2D eigenvalue weighted by atomic mass is 19.3. The number of aromatic nitrogens is 4. The van der Waals surface area contributed by atoms with Crippen molar-refractivity contribution < 1.29 is 18.0 Å². The molecule has 1 fully saturated rings. The molecule has 3 aromatic rings. The molecule has 10 heteroatoms. The molecule has 29 heavy (non-hydrogen) atoms. The van der Waals surface area contributed by atoms with Gasteiger partial charge in [-0.3, -0.25) is 4.79 Å². The van der Waals surface area contributed by atoms with Gasteiger partial charge in [0.15, 0.2) is 5.65 Å². The third-order valence-electron chi connectivity index (χ3n) is 4.96. The maximum Gasteiger partial charge on any atom is 0.273 e. The zero-order valence-electron chi connectivity index (χ0n) is 15.7. The summed E-state index contributed by atoms with van der Waals surface area (Å²) in [6.07, 6.45) is 1.48. The highest BCUT2D eigenvalue weighted by Crippen LogP contribution is 2.30. The monoisotopic (exact) mass is 404 g/mol. The Morgan fingerprint density at radius 2 is 1.90 bits per heavy atom. The molecular weight excluding hydrogens is 385 g/mol. The van der Waals surface area contributed by atoms with Gasteiger partial charge >= 0.3 is 0 Å². The minimum atomic E-state index is -3.30. The van der Waals surface area contributed by atoms with Gasteiger partial charge in [0.25, 0.3) is 5.92 Å². The summed E-state index contributed by atoms with van der Waals surface area (Å²) >= 11 is 0. The third kappa shape index (κ3) is 4.01. The number of amides is 1. The van der Waals surface area contributed by atoms with Gasteiger partial charge in [-0.1, -0.05) is 6.07 Å². The van der Waals surface area contributed by atoms with E-state index in [1.807, 2.05) is 12.1 Å². The minimum absolute atomic E-state index is 0.0473. The Morgan fingerprint density at radius 3 is 2.62 bits per heavy atom. The van der Waals surface area contributed by atoms with Gasteiger partial charge in [0, 0.05) is 33.1 Å². The Labute approximate surface area is 164 Å². The topological polar surface area (TPSA) is 66.6 Å². The van der Waals surface area contributed by atoms with Crippen molar-refractivity contribution in [3.8, 4) is 0 Å². The fourth-order valence-electron chi connectivity index (χ4n) is 3.38. The van der Waals surface area contributed by atoms with E-state index in [0.29, 0.717) is 44.3 Å². The van der Waals surface area contributed by atoms with Crippen LogP contribution in [0.1, 0.15) is 18.1 Å². The summed E-state index contributed by atoms with van der Waals surface area (Å²) in [6, 6.07) is 7.10. The normalized spacial score (nSPS) is 15.2. The van der Waals surface area contributed by atoms with Crippen molar-refractivity contribution in [3.63, 3.8) is 0 Å². The molecule has 3 heterocycles. The highest BCUT2D eigenvalue weighted by molar-refractivity contribution is 5.79. The van der Waals surface area contributed by atoms with Crippen LogP contribution in [-0.4, -0.2) is 56.8 Å². The summed E-state index contributed by atoms with van der Waals surface area (Å²) in [6.45, 7) is 2.79. The van der Waals surface area contributed by atoms with Crippen molar-refractivity contribution in [2.24, 2.45) is 0 Å². The fourth-order valence-corrected chi connectivity index (χ4v) is 3.38. The second-order valence-corrected chi connectivity index (χ2v) is 7.07. The smallest absolute Gasteiger partial charge is 0.273 e. The summed E-state index contributed by atoms with van der Waals surface area (Å²) in [5.41, 5.74) is 0.331. The van der Waals surface area contributed by atoms with Crippen molar-refractivity contribution in [2.45, 2.75) is 19.3 Å². The zero-order valence-corrected chi connectivity index (χ0v) is 15.7. The first-order valence-electron chi connectivity index (χ1n) is 9.18. The highest BCUT2D eigenvalue weighted by Gasteiger charge is 2.29. The van der Waals surface area contributed by atoms with Crippen LogP contribution in [0, 0.1) is 5.82 Å². The van der Waals surface area contributed by atoms with Crippen LogP contribution >= 0.6 is 0 Å². The number of rotatable bonds is 4. The van der Waals surface area contributed by atoms with Gasteiger partial charge < -0.3 is 9.80 Å². The number of nitrogens with zero attached hydrogens (tertiary/aromatic N) is 6. The summed E-state index contributed by atoms with van der Waals surface area (Å²) in [4.78, 5) is 16.3. The van der Waals surface area contributed by atoms with Gasteiger partial charge in [-0.25, -0.2) is 13.2 Å². The molecule has 4 rings (SSSR count). The molecule has 0 spiro atoms. The Kier molecular flexibility index (Phi) is 4.85. The molecule has 152 valence electrons. The van der Waals surface area contributed by atoms with Crippen LogP contribution in [0.4, 0.5) is 19.0 Å². The molecule has 7 nitrogen and oxygen atoms in total. The van der Waals surface area contributed by atoms with Crippen LogP contribution < -0.4 is 4.90 Å². The molecule has 0 bridgehead atoms. The number of carbonyl (C=O) groups is 1. The van der Waals surface area contributed by atoms with Crippen LogP contribution in [0.3, 0.4) is 0 Å². The SMILES string of the molecule is CC(F)(F)c1cc(CC(=O)N2CCN(c3ccc4nncn4n3)CC2)ccc1F. The lowest BCUT2D eigenvalue weighted by Gasteiger charge is -2.35. The van der Waals surface area contributed by atoms with Crippen LogP contribution in [0.25, 0.3) is 5.65 Å². The molecule has 2 aromatic heterocycles. The summed E-state index contributed by atoms with van der Waals surface area (Å²) < 4.78 is 42.3. The minimum Gasteiger partial charge on any atom is -0.352 e. The van der Waals surface area contributed by atoms with Gasteiger partial charge in [0.1, 0.15) is 18.0 Å². The quantitative estimate of drug-likeness (QED) is 0.668. The van der Waals surface area contributed by atoms with E-state index in [0.717, 1.165) is 18.0 Å². The number of piperazine rings is 1. The Hall–Kier alpha value is -3.17. The average molecular weight is 404 g/mol. The zero-order chi connectivity index (χ0) is 20.6. The molecule has 1 saturated heterocycles. The molecule has 0 N–H and O–H groups in total. The summed E-state index contributed by atoms with van der Waals surface area (Å²) in [5, 5.41) is 12.2. The van der Waals surface area contributed by atoms with E-state index in [1.54, 1.807) is 9.42 Å². The lowest BCUT2D eigenvalue weighted by molar-refractivity contribution is -0.130. The predicted octanol–water partition coefficient (Wildman–Crippen LogP) is 2.27. The molecule has 0 aliphatic carbocycles. The van der Waals surface area contributed by atoms with E-state index in [4.69, 9.17) is 0 Å². The van der Waals surface area contributed by atoms with Crippen LogP contribution in [0.5, 0.6) is 0 Å². The number of anilines is 1. The number of alkyl halides is 2. The van der Waals surface area contributed by atoms with Crippen molar-refractivity contribution in [1.29, 1.82) is 0 Å². The van der Waals surface area contributed by atoms with Crippen molar-refractivity contribution >= 4 is 17.4 Å². The summed E-state index contributed by atoms with van der Waals surface area (Å²) in [7, 11) is 0. The largest absolute Gasteiger partial charge is 0.352 e. The first kappa shape index (κ1) is 19.2. The van der Waals surface area contributed by atoms with Gasteiger partial charge in [0.2, 0.25) is 5.91 Å². The van der Waals surface area contributed by atoms with E-state index >= 15 is 0 Å². The number of carbonyl (C=O) groups excluding carboxylic acids is 1. The second kappa shape index (κ2) is 7.34. The fraction of sp³-hybridized carbons (Fsp3) is 0.368. The summed E-state index contributed by atoms with van der Waals surface area (Å²) in [5.74, 6) is -3.69. The molecule has 1 aliphatic rings. The Balaban J connectivity index is 1.39. The van der Waals surface area contributed by atoms with Gasteiger partial charge in [-0.05, 0) is 29.8 Å². The van der Waals surface area contributed by atoms with Crippen molar-refractivity contribution in [3.05, 3.63) is 53.6 Å². The van der Waals surface area contributed by atoms with Crippen LogP contribution in [0.15, 0.2) is 36.7 Å². The molecule has 0 radical (unpaired) electrons. The van der Waals surface area contributed by atoms with Crippen LogP contribution in [0.2, 0.25) is 0 Å². The first-order chi connectivity index (χ1) is 13.8. The number of halogens is 3. The van der Waals surface area contributed by atoms with Gasteiger partial charge in [0.05, 0.1) is 12.0 Å². The first-order valence-corrected chi connectivity index (χ1v) is 9.18. The van der Waals surface area contributed by atoms with Crippen molar-refractivity contribution in [1.82, 2.24) is 24.7 Å². The predicted molar refractivity (Wildman–Crippen MR) is 99.2 cm³/mol. The molecular formula is C19H19F3N6O. The van der Waals surface area contributed by atoms with E-state index in [-0.39, 0.29) is 12.3 Å². The molecule has 0 saturated carbocycles. The van der Waals surface area contributed by atoms with Gasteiger partial charge in [-0.2, -0.15) is 4.52 Å². The number of hydrogen-bond acceptors (Lipinski definition) is 5. The lowest BCUT2D eigenvalue weighted by Crippen LogP contribution is -2.49. The maximum absolute atomic E-state index is 13.6. The molecule has 1 aromatic carbocycles. The van der Waals surface area contributed by atoms with E-state index in [2.05, 4.69) is 20.2 Å². The molecule has 1 amide bonds. The number of hydrogen-bond donors (Lipinski definition) is 0. The standard InChI is InChI=1S/C19H19F3N6O/c1-19(21,22)14-10-13(2-3-15(14)20)11-18(29)27-8-6-26(7-9-27)17-5-4-16-24-23-12-28(16)25-17/h2-5,10,12H,6-9,11H2,1H3. The van der Waals surface area contributed by atoms with Gasteiger partial charge in [-0.15, -0.1) is 15.3 Å².